The first kappa shape index (κ1) is 29.3. The van der Waals surface area contributed by atoms with Crippen molar-refractivity contribution in [2.45, 2.75) is 25.7 Å². The first-order valence-electron chi connectivity index (χ1n) is 9.42. The van der Waals surface area contributed by atoms with Crippen molar-refractivity contribution in [3.63, 3.8) is 0 Å². The van der Waals surface area contributed by atoms with E-state index in [4.69, 9.17) is 30.6 Å². The Morgan fingerprint density at radius 1 is 0.500 bits per heavy atom. The average Bonchev–Trinajstić information content (AvgIpc) is 2.77. The minimum Gasteiger partial charge on any atom is -0.481 e. The van der Waals surface area contributed by atoms with Crippen molar-refractivity contribution in [1.82, 2.24) is 0 Å². The third-order valence-corrected chi connectivity index (χ3v) is 3.78. The zero-order chi connectivity index (χ0) is 26.3. The highest BCUT2D eigenvalue weighted by Crippen LogP contribution is 2.08. The van der Waals surface area contributed by atoms with Crippen molar-refractivity contribution in [1.29, 1.82) is 0 Å². The molecule has 0 aliphatic heterocycles. The van der Waals surface area contributed by atoms with Crippen molar-refractivity contribution in [2.24, 2.45) is 0 Å². The van der Waals surface area contributed by atoms with Crippen LogP contribution >= 0.6 is 0 Å². The molecule has 182 valence electrons. The van der Waals surface area contributed by atoms with E-state index in [1.807, 2.05) is 0 Å². The first-order valence-corrected chi connectivity index (χ1v) is 9.42. The fourth-order valence-corrected chi connectivity index (χ4v) is 2.19. The Morgan fingerprint density at radius 2 is 0.853 bits per heavy atom. The van der Waals surface area contributed by atoms with Crippen molar-refractivity contribution >= 4 is 35.8 Å². The van der Waals surface area contributed by atoms with E-state index < -0.39 is 35.8 Å². The second-order valence-corrected chi connectivity index (χ2v) is 6.34. The number of aliphatic carboxylic acids is 2. The van der Waals surface area contributed by atoms with Crippen LogP contribution in [0.4, 0.5) is 0 Å². The third kappa shape index (κ3) is 12.2. The van der Waals surface area contributed by atoms with Gasteiger partial charge in [-0.3, -0.25) is 9.59 Å². The second-order valence-electron chi connectivity index (χ2n) is 6.34. The Morgan fingerprint density at radius 3 is 1.12 bits per heavy atom. The number of carboxylic acids is 6. The molecular weight excluding hydrogens is 456 g/mol. The lowest BCUT2D eigenvalue weighted by Crippen LogP contribution is -2.06. The first-order chi connectivity index (χ1) is 15.9. The number of carbonyl (C=O) groups is 6. The van der Waals surface area contributed by atoms with Gasteiger partial charge in [0.25, 0.3) is 0 Å². The quantitative estimate of drug-likeness (QED) is 0.286. The predicted octanol–water partition coefficient (Wildman–Crippen LogP) is 2.88. The molecule has 2 rings (SSSR count). The highest BCUT2D eigenvalue weighted by molar-refractivity contribution is 6.01. The average molecular weight is 478 g/mol. The van der Waals surface area contributed by atoms with Crippen LogP contribution in [0.3, 0.4) is 0 Å². The maximum Gasteiger partial charge on any atom is 0.336 e. The summed E-state index contributed by atoms with van der Waals surface area (Å²) in [5.41, 5.74) is -0.417. The third-order valence-electron chi connectivity index (χ3n) is 3.78. The zero-order valence-corrected chi connectivity index (χ0v) is 17.6. The van der Waals surface area contributed by atoms with Gasteiger partial charge >= 0.3 is 35.8 Å². The number of hydrogen-bond acceptors (Lipinski definition) is 6. The number of carboxylic acid groups (broad SMARTS) is 6. The Balaban J connectivity index is 0.000000484. The van der Waals surface area contributed by atoms with Crippen LogP contribution in [-0.2, 0) is 9.59 Å². The van der Waals surface area contributed by atoms with Gasteiger partial charge in [0.15, 0.2) is 0 Å². The molecule has 0 fully saturated rings. The molecule has 0 amide bonds. The van der Waals surface area contributed by atoms with Gasteiger partial charge in [-0.1, -0.05) is 18.2 Å². The van der Waals surface area contributed by atoms with Crippen LogP contribution in [0.25, 0.3) is 0 Å². The minimum absolute atomic E-state index is 0.0186. The largest absolute Gasteiger partial charge is 0.481 e. The normalized spacial score (nSPS) is 9.29. The van der Waals surface area contributed by atoms with Crippen molar-refractivity contribution in [3.8, 4) is 0 Å². The highest BCUT2D eigenvalue weighted by atomic mass is 16.4. The maximum absolute atomic E-state index is 10.5. The van der Waals surface area contributed by atoms with Gasteiger partial charge in [-0.15, -0.1) is 0 Å². The predicted molar refractivity (Wildman–Crippen MR) is 114 cm³/mol. The van der Waals surface area contributed by atoms with Gasteiger partial charge in [0, 0.05) is 12.8 Å². The molecule has 0 heterocycles. The van der Waals surface area contributed by atoms with Crippen molar-refractivity contribution in [3.05, 3.63) is 70.8 Å². The Bertz CT molecular complexity index is 963. The molecule has 34 heavy (non-hydrogen) atoms. The Labute approximate surface area is 192 Å². The molecule has 0 aromatic heterocycles. The summed E-state index contributed by atoms with van der Waals surface area (Å²) in [6, 6.07) is 10.7. The summed E-state index contributed by atoms with van der Waals surface area (Å²) in [6.45, 7) is 0. The second kappa shape index (κ2) is 15.1. The molecule has 12 nitrogen and oxygen atoms in total. The van der Waals surface area contributed by atoms with Crippen molar-refractivity contribution in [2.75, 3.05) is 0 Å². The molecule has 0 radical (unpaired) electrons. The summed E-state index contributed by atoms with van der Waals surface area (Å²) < 4.78 is 0. The van der Waals surface area contributed by atoms with Gasteiger partial charge in [0.1, 0.15) is 0 Å². The van der Waals surface area contributed by atoms with Crippen LogP contribution in [0.2, 0.25) is 0 Å². The molecular formula is C22H22O12. The monoisotopic (exact) mass is 478 g/mol. The fraction of sp³-hybridized carbons (Fsp3) is 0.182. The summed E-state index contributed by atoms with van der Waals surface area (Å²) in [5, 5.41) is 50.4. The van der Waals surface area contributed by atoms with E-state index in [1.165, 1.54) is 42.5 Å². The van der Waals surface area contributed by atoms with E-state index >= 15 is 0 Å². The topological polar surface area (TPSA) is 224 Å². The van der Waals surface area contributed by atoms with Crippen molar-refractivity contribution < 1.29 is 59.4 Å². The maximum atomic E-state index is 10.5. The lowest BCUT2D eigenvalue weighted by atomic mass is 10.1. The lowest BCUT2D eigenvalue weighted by molar-refractivity contribution is -0.139. The number of hydrogen-bond donors (Lipinski definition) is 6. The van der Waals surface area contributed by atoms with Crippen LogP contribution in [0.1, 0.15) is 67.1 Å². The highest BCUT2D eigenvalue weighted by Gasteiger charge is 2.13. The van der Waals surface area contributed by atoms with Gasteiger partial charge in [-0.05, 0) is 43.2 Å². The molecule has 0 saturated heterocycles. The van der Waals surface area contributed by atoms with Crippen LogP contribution in [0.5, 0.6) is 0 Å². The Hall–Kier alpha value is -4.74. The van der Waals surface area contributed by atoms with Gasteiger partial charge in [0.05, 0.1) is 22.3 Å². The molecule has 0 bridgehead atoms. The van der Waals surface area contributed by atoms with E-state index in [9.17, 15) is 28.8 Å². The van der Waals surface area contributed by atoms with E-state index in [1.54, 1.807) is 0 Å². The molecule has 0 aliphatic rings. The summed E-state index contributed by atoms with van der Waals surface area (Å²) in [7, 11) is 0. The minimum atomic E-state index is -1.23. The van der Waals surface area contributed by atoms with E-state index in [2.05, 4.69) is 0 Å². The summed E-state index contributed by atoms with van der Waals surface area (Å²) >= 11 is 0. The molecule has 12 heteroatoms. The lowest BCUT2D eigenvalue weighted by Gasteiger charge is -1.98. The van der Waals surface area contributed by atoms with Gasteiger partial charge in [0.2, 0.25) is 0 Å². The SMILES string of the molecule is O=C(O)CCCCC(=O)O.O=C(O)c1cccc(C(=O)O)c1.O=C(O)c1ccccc1C(=O)O. The van der Waals surface area contributed by atoms with Gasteiger partial charge in [-0.25, -0.2) is 19.2 Å². The summed E-state index contributed by atoms with van der Waals surface area (Å²) in [6.07, 6.45) is 1.02. The summed E-state index contributed by atoms with van der Waals surface area (Å²) in [5.74, 6) is -6.45. The number of aromatic carboxylic acids is 4. The molecule has 2 aromatic rings. The number of unbranched alkanes of at least 4 members (excludes halogenated alkanes) is 1. The molecule has 0 aliphatic carbocycles. The smallest absolute Gasteiger partial charge is 0.336 e. The fourth-order valence-electron chi connectivity index (χ4n) is 2.19. The van der Waals surface area contributed by atoms with Gasteiger partial charge in [-0.2, -0.15) is 0 Å². The number of rotatable bonds is 9. The number of benzene rings is 2. The van der Waals surface area contributed by atoms with Crippen LogP contribution in [0, 0.1) is 0 Å². The Kier molecular flexibility index (Phi) is 13.0. The standard InChI is InChI=1S/2C8H6O4.C6H10O4/c9-7(10)5-2-1-3-6(4-5)8(11)12;9-7(10)5-3-1-2-4-6(5)8(11)12;7-5(8)3-1-2-4-6(9)10/h2*1-4H,(H,9,10)(H,11,12);1-4H2,(H,7,8)(H,9,10). The molecule has 0 spiro atoms. The van der Waals surface area contributed by atoms with Crippen LogP contribution in [0.15, 0.2) is 48.5 Å². The summed E-state index contributed by atoms with van der Waals surface area (Å²) in [4.78, 5) is 61.5. The van der Waals surface area contributed by atoms with E-state index in [0.717, 1.165) is 6.07 Å². The van der Waals surface area contributed by atoms with Crippen LogP contribution < -0.4 is 0 Å². The molecule has 0 atom stereocenters. The zero-order valence-electron chi connectivity index (χ0n) is 17.6. The molecule has 6 N–H and O–H groups in total. The molecule has 0 saturated carbocycles. The van der Waals surface area contributed by atoms with E-state index in [-0.39, 0.29) is 35.1 Å². The van der Waals surface area contributed by atoms with Crippen LogP contribution in [-0.4, -0.2) is 66.5 Å². The molecule has 2 aromatic carbocycles. The van der Waals surface area contributed by atoms with Gasteiger partial charge < -0.3 is 30.6 Å². The molecule has 0 unspecified atom stereocenters. The van der Waals surface area contributed by atoms with E-state index in [0.29, 0.717) is 12.8 Å².